The zero-order valence-electron chi connectivity index (χ0n) is 10.6. The van der Waals surface area contributed by atoms with E-state index >= 15 is 0 Å². The van der Waals surface area contributed by atoms with Crippen molar-refractivity contribution < 1.29 is 9.13 Å². The minimum absolute atomic E-state index is 0.103. The van der Waals surface area contributed by atoms with Gasteiger partial charge in [-0.15, -0.1) is 0 Å². The maximum atomic E-state index is 13.6. The number of benzene rings is 3. The lowest BCUT2D eigenvalue weighted by atomic mass is 10.1. The van der Waals surface area contributed by atoms with Crippen molar-refractivity contribution in [3.8, 4) is 5.75 Å². The highest BCUT2D eigenvalue weighted by molar-refractivity contribution is 6.36. The van der Waals surface area contributed by atoms with Gasteiger partial charge in [0.15, 0.2) is 0 Å². The molecule has 0 aliphatic heterocycles. The summed E-state index contributed by atoms with van der Waals surface area (Å²) in [5.41, 5.74) is 1.05. The van der Waals surface area contributed by atoms with Gasteiger partial charge in [-0.3, -0.25) is 0 Å². The Morgan fingerprint density at radius 3 is 2.50 bits per heavy atom. The molecule has 0 unspecified atom stereocenters. The number of hydrogen-bond acceptors (Lipinski definition) is 1. The minimum atomic E-state index is -0.435. The zero-order chi connectivity index (χ0) is 13.9. The van der Waals surface area contributed by atoms with Crippen molar-refractivity contribution in [2.75, 3.05) is 0 Å². The van der Waals surface area contributed by atoms with E-state index in [0.717, 1.165) is 10.9 Å². The summed E-state index contributed by atoms with van der Waals surface area (Å²) in [7, 11) is 0. The molecular formula is C17H12ClFO. The molecule has 0 amide bonds. The van der Waals surface area contributed by atoms with Crippen molar-refractivity contribution in [3.63, 3.8) is 0 Å². The van der Waals surface area contributed by atoms with Crippen LogP contribution in [0.3, 0.4) is 0 Å². The lowest BCUT2D eigenvalue weighted by Crippen LogP contribution is -1.96. The van der Waals surface area contributed by atoms with Gasteiger partial charge >= 0.3 is 0 Å². The Bertz CT molecular complexity index is 741. The second-order valence-electron chi connectivity index (χ2n) is 4.49. The molecular weight excluding hydrogens is 275 g/mol. The molecule has 0 saturated carbocycles. The average molecular weight is 287 g/mol. The summed E-state index contributed by atoms with van der Waals surface area (Å²) >= 11 is 6.06. The Labute approximate surface area is 121 Å². The zero-order valence-corrected chi connectivity index (χ0v) is 11.4. The minimum Gasteiger partial charge on any atom is -0.488 e. The lowest BCUT2D eigenvalue weighted by molar-refractivity contribution is 0.310. The van der Waals surface area contributed by atoms with Gasteiger partial charge in [-0.05, 0) is 23.1 Å². The number of halogens is 2. The van der Waals surface area contributed by atoms with Gasteiger partial charge in [0.1, 0.15) is 18.2 Å². The van der Waals surface area contributed by atoms with Crippen LogP contribution >= 0.6 is 11.6 Å². The molecule has 0 atom stereocenters. The standard InChI is InChI=1S/C17H12ClFO/c18-17-14(19)10-9-13-7-4-8-15(16(13)17)20-11-12-5-2-1-3-6-12/h1-10H,11H2. The van der Waals surface area contributed by atoms with Gasteiger partial charge in [0.2, 0.25) is 0 Å². The SMILES string of the molecule is Fc1ccc2cccc(OCc3ccccc3)c2c1Cl. The normalized spacial score (nSPS) is 10.7. The molecule has 0 fully saturated rings. The predicted molar refractivity (Wildman–Crippen MR) is 79.7 cm³/mol. The molecule has 0 radical (unpaired) electrons. The van der Waals surface area contributed by atoms with E-state index in [1.54, 1.807) is 12.1 Å². The highest BCUT2D eigenvalue weighted by atomic mass is 35.5. The predicted octanol–water partition coefficient (Wildman–Crippen LogP) is 5.21. The highest BCUT2D eigenvalue weighted by Gasteiger charge is 2.10. The van der Waals surface area contributed by atoms with E-state index in [-0.39, 0.29) is 5.02 Å². The summed E-state index contributed by atoms with van der Waals surface area (Å²) in [5, 5.41) is 1.58. The quantitative estimate of drug-likeness (QED) is 0.642. The third-order valence-corrected chi connectivity index (χ3v) is 3.50. The van der Waals surface area contributed by atoms with E-state index in [1.807, 2.05) is 42.5 Å². The fourth-order valence-corrected chi connectivity index (χ4v) is 2.40. The molecule has 0 aliphatic rings. The third kappa shape index (κ3) is 2.47. The van der Waals surface area contributed by atoms with Crippen LogP contribution in [0.5, 0.6) is 5.75 Å². The fraction of sp³-hybridized carbons (Fsp3) is 0.0588. The Kier molecular flexibility index (Phi) is 3.57. The molecule has 3 aromatic carbocycles. The van der Waals surface area contributed by atoms with E-state index in [0.29, 0.717) is 17.7 Å². The summed E-state index contributed by atoms with van der Waals surface area (Å²) in [5.74, 6) is 0.158. The number of ether oxygens (including phenoxy) is 1. The second kappa shape index (κ2) is 5.51. The van der Waals surface area contributed by atoms with Crippen molar-refractivity contribution in [2.24, 2.45) is 0 Å². The molecule has 0 aliphatic carbocycles. The first kappa shape index (κ1) is 12.9. The Balaban J connectivity index is 1.97. The first-order valence-electron chi connectivity index (χ1n) is 6.29. The van der Waals surface area contributed by atoms with Crippen LogP contribution in [0.25, 0.3) is 10.8 Å². The van der Waals surface area contributed by atoms with Gasteiger partial charge in [-0.1, -0.05) is 60.1 Å². The molecule has 100 valence electrons. The highest BCUT2D eigenvalue weighted by Crippen LogP contribution is 2.34. The third-order valence-electron chi connectivity index (χ3n) is 3.13. The second-order valence-corrected chi connectivity index (χ2v) is 4.87. The summed E-state index contributed by atoms with van der Waals surface area (Å²) in [6, 6.07) is 18.4. The van der Waals surface area contributed by atoms with Gasteiger partial charge in [0, 0.05) is 5.39 Å². The average Bonchev–Trinajstić information content (AvgIpc) is 2.50. The Hall–Kier alpha value is -2.06. The maximum Gasteiger partial charge on any atom is 0.142 e. The molecule has 0 aromatic heterocycles. The van der Waals surface area contributed by atoms with Crippen molar-refractivity contribution >= 4 is 22.4 Å². The van der Waals surface area contributed by atoms with Crippen LogP contribution in [-0.2, 0) is 6.61 Å². The van der Waals surface area contributed by atoms with Gasteiger partial charge in [-0.25, -0.2) is 4.39 Å². The Morgan fingerprint density at radius 1 is 0.900 bits per heavy atom. The molecule has 0 saturated heterocycles. The molecule has 1 nitrogen and oxygen atoms in total. The van der Waals surface area contributed by atoms with Crippen LogP contribution < -0.4 is 4.74 Å². The summed E-state index contributed by atoms with van der Waals surface area (Å²) in [6.07, 6.45) is 0. The van der Waals surface area contributed by atoms with Gasteiger partial charge in [-0.2, -0.15) is 0 Å². The van der Waals surface area contributed by atoms with Gasteiger partial charge < -0.3 is 4.74 Å². The monoisotopic (exact) mass is 286 g/mol. The van der Waals surface area contributed by atoms with Crippen molar-refractivity contribution in [2.45, 2.75) is 6.61 Å². The maximum absolute atomic E-state index is 13.6. The fourth-order valence-electron chi connectivity index (χ4n) is 2.13. The van der Waals surface area contributed by atoms with E-state index in [9.17, 15) is 4.39 Å². The van der Waals surface area contributed by atoms with Crippen LogP contribution in [0.1, 0.15) is 5.56 Å². The summed E-state index contributed by atoms with van der Waals surface area (Å²) < 4.78 is 19.4. The van der Waals surface area contributed by atoms with E-state index in [2.05, 4.69) is 0 Å². The number of hydrogen-bond donors (Lipinski definition) is 0. The molecule has 3 heteroatoms. The van der Waals surface area contributed by atoms with Crippen LogP contribution in [0.4, 0.5) is 4.39 Å². The first-order chi connectivity index (χ1) is 9.75. The van der Waals surface area contributed by atoms with Crippen LogP contribution in [0.15, 0.2) is 60.7 Å². The van der Waals surface area contributed by atoms with Crippen LogP contribution in [0, 0.1) is 5.82 Å². The molecule has 0 heterocycles. The molecule has 0 N–H and O–H groups in total. The molecule has 0 bridgehead atoms. The summed E-state index contributed by atoms with van der Waals surface area (Å²) in [4.78, 5) is 0. The van der Waals surface area contributed by atoms with Crippen molar-refractivity contribution in [3.05, 3.63) is 77.1 Å². The van der Waals surface area contributed by atoms with E-state index in [1.165, 1.54) is 6.07 Å². The molecule has 20 heavy (non-hydrogen) atoms. The first-order valence-corrected chi connectivity index (χ1v) is 6.67. The molecule has 0 spiro atoms. The van der Waals surface area contributed by atoms with E-state index in [4.69, 9.17) is 16.3 Å². The lowest BCUT2D eigenvalue weighted by Gasteiger charge is -2.11. The van der Waals surface area contributed by atoms with Crippen LogP contribution in [0.2, 0.25) is 5.02 Å². The van der Waals surface area contributed by atoms with Crippen molar-refractivity contribution in [1.29, 1.82) is 0 Å². The largest absolute Gasteiger partial charge is 0.488 e. The smallest absolute Gasteiger partial charge is 0.142 e. The number of rotatable bonds is 3. The number of fused-ring (bicyclic) bond motifs is 1. The van der Waals surface area contributed by atoms with Crippen LogP contribution in [-0.4, -0.2) is 0 Å². The Morgan fingerprint density at radius 2 is 1.70 bits per heavy atom. The van der Waals surface area contributed by atoms with Gasteiger partial charge in [0.05, 0.1) is 5.02 Å². The van der Waals surface area contributed by atoms with E-state index < -0.39 is 5.82 Å². The topological polar surface area (TPSA) is 9.23 Å². The van der Waals surface area contributed by atoms with Crippen molar-refractivity contribution in [1.82, 2.24) is 0 Å². The van der Waals surface area contributed by atoms with Gasteiger partial charge in [0.25, 0.3) is 0 Å². The molecule has 3 aromatic rings. The molecule has 3 rings (SSSR count). The summed E-state index contributed by atoms with van der Waals surface area (Å²) in [6.45, 7) is 0.423.